The molecule has 25 heavy (non-hydrogen) atoms. The molecular weight excluding hydrogens is 346 g/mol. The van der Waals surface area contributed by atoms with Crippen LogP contribution in [0.5, 0.6) is 11.5 Å². The maximum atomic E-state index is 13.0. The van der Waals surface area contributed by atoms with Crippen LogP contribution in [0.4, 0.5) is 0 Å². The van der Waals surface area contributed by atoms with Gasteiger partial charge in [-0.25, -0.2) is 8.42 Å². The number of carbonyl (C=O) groups excluding carboxylic acids is 1. The summed E-state index contributed by atoms with van der Waals surface area (Å²) in [5, 5.41) is 0. The highest BCUT2D eigenvalue weighted by Crippen LogP contribution is 2.35. The van der Waals surface area contributed by atoms with Crippen LogP contribution in [-0.2, 0) is 14.8 Å². The first kappa shape index (κ1) is 18.0. The molecule has 0 unspecified atom stereocenters. The van der Waals surface area contributed by atoms with Crippen LogP contribution in [0.1, 0.15) is 12.8 Å². The molecule has 3 rings (SSSR count). The van der Waals surface area contributed by atoms with Crippen molar-refractivity contribution in [3.05, 3.63) is 18.2 Å². The second-order valence-corrected chi connectivity index (χ2v) is 8.28. The minimum Gasteiger partial charge on any atom is -0.497 e. The minimum atomic E-state index is -3.75. The maximum absolute atomic E-state index is 13.0. The van der Waals surface area contributed by atoms with Crippen LogP contribution in [0.15, 0.2) is 23.1 Å². The van der Waals surface area contributed by atoms with Crippen molar-refractivity contribution >= 4 is 15.9 Å². The Morgan fingerprint density at radius 1 is 1.12 bits per heavy atom. The predicted octanol–water partition coefficient (Wildman–Crippen LogP) is 0.0280. The molecule has 0 radical (unpaired) electrons. The van der Waals surface area contributed by atoms with Crippen LogP contribution in [0, 0.1) is 0 Å². The van der Waals surface area contributed by atoms with Crippen LogP contribution in [0.3, 0.4) is 0 Å². The molecular formula is C16H23N3O5S. The highest BCUT2D eigenvalue weighted by atomic mass is 32.2. The van der Waals surface area contributed by atoms with E-state index in [0.29, 0.717) is 31.7 Å². The van der Waals surface area contributed by atoms with E-state index in [4.69, 9.17) is 15.2 Å². The molecule has 2 aliphatic rings. The molecule has 9 heteroatoms. The first-order valence-corrected chi connectivity index (χ1v) is 9.56. The van der Waals surface area contributed by atoms with Gasteiger partial charge in [-0.3, -0.25) is 4.79 Å². The Hall–Kier alpha value is -1.84. The number of nitrogens with two attached hydrogens (primary N) is 1. The normalized spacial score (nSPS) is 20.2. The largest absolute Gasteiger partial charge is 0.497 e. The third-order valence-corrected chi connectivity index (χ3v) is 6.65. The Bertz CT molecular complexity index is 768. The van der Waals surface area contributed by atoms with Crippen molar-refractivity contribution < 1.29 is 22.7 Å². The molecule has 1 saturated carbocycles. The Morgan fingerprint density at radius 3 is 2.28 bits per heavy atom. The van der Waals surface area contributed by atoms with Gasteiger partial charge >= 0.3 is 0 Å². The molecule has 0 atom stereocenters. The van der Waals surface area contributed by atoms with Crippen molar-refractivity contribution in [1.29, 1.82) is 0 Å². The van der Waals surface area contributed by atoms with E-state index >= 15 is 0 Å². The fourth-order valence-electron chi connectivity index (χ4n) is 2.92. The van der Waals surface area contributed by atoms with Crippen molar-refractivity contribution in [3.8, 4) is 11.5 Å². The smallest absolute Gasteiger partial charge is 0.247 e. The zero-order valence-corrected chi connectivity index (χ0v) is 15.2. The molecule has 1 saturated heterocycles. The number of piperazine rings is 1. The Kier molecular flexibility index (Phi) is 4.65. The second-order valence-electron chi connectivity index (χ2n) is 6.37. The van der Waals surface area contributed by atoms with E-state index in [2.05, 4.69) is 0 Å². The molecule has 1 aliphatic carbocycles. The SMILES string of the molecule is COc1ccc(OC)c(S(=O)(=O)N2CCN(C(=O)C3(N)CC3)CC2)c1. The van der Waals surface area contributed by atoms with Gasteiger partial charge in [0, 0.05) is 32.2 Å². The molecule has 2 N–H and O–H groups in total. The van der Waals surface area contributed by atoms with Gasteiger partial charge < -0.3 is 20.1 Å². The summed E-state index contributed by atoms with van der Waals surface area (Å²) in [5.41, 5.74) is 5.22. The fraction of sp³-hybridized carbons (Fsp3) is 0.562. The molecule has 0 bridgehead atoms. The number of rotatable bonds is 5. The van der Waals surface area contributed by atoms with Gasteiger partial charge in [0.05, 0.1) is 19.8 Å². The van der Waals surface area contributed by atoms with Crippen molar-refractivity contribution in [2.24, 2.45) is 5.73 Å². The van der Waals surface area contributed by atoms with Gasteiger partial charge in [0.15, 0.2) is 0 Å². The Morgan fingerprint density at radius 2 is 1.76 bits per heavy atom. The number of ether oxygens (including phenoxy) is 2. The number of hydrogen-bond acceptors (Lipinski definition) is 6. The summed E-state index contributed by atoms with van der Waals surface area (Å²) in [5.74, 6) is 0.619. The fourth-order valence-corrected chi connectivity index (χ4v) is 4.51. The molecule has 8 nitrogen and oxygen atoms in total. The maximum Gasteiger partial charge on any atom is 0.247 e. The highest BCUT2D eigenvalue weighted by Gasteiger charge is 2.48. The zero-order valence-electron chi connectivity index (χ0n) is 14.4. The van der Waals surface area contributed by atoms with Crippen LogP contribution in [-0.4, -0.2) is 69.5 Å². The van der Waals surface area contributed by atoms with Crippen molar-refractivity contribution in [1.82, 2.24) is 9.21 Å². The first-order chi connectivity index (χ1) is 11.8. The topological polar surface area (TPSA) is 102 Å². The van der Waals surface area contributed by atoms with E-state index in [9.17, 15) is 13.2 Å². The van der Waals surface area contributed by atoms with Gasteiger partial charge in [0.2, 0.25) is 15.9 Å². The summed E-state index contributed by atoms with van der Waals surface area (Å²) in [7, 11) is -0.848. The predicted molar refractivity (Wildman–Crippen MR) is 91.0 cm³/mol. The highest BCUT2D eigenvalue weighted by molar-refractivity contribution is 7.89. The van der Waals surface area contributed by atoms with E-state index in [1.807, 2.05) is 0 Å². The number of carbonyl (C=O) groups is 1. The lowest BCUT2D eigenvalue weighted by Crippen LogP contribution is -2.55. The van der Waals surface area contributed by atoms with Gasteiger partial charge in [-0.15, -0.1) is 0 Å². The molecule has 1 aromatic carbocycles. The van der Waals surface area contributed by atoms with E-state index in [-0.39, 0.29) is 29.6 Å². The number of amides is 1. The number of methoxy groups -OCH3 is 2. The number of hydrogen-bond donors (Lipinski definition) is 1. The monoisotopic (exact) mass is 369 g/mol. The summed E-state index contributed by atoms with van der Waals surface area (Å²) < 4.78 is 37.6. The van der Waals surface area contributed by atoms with E-state index in [0.717, 1.165) is 0 Å². The van der Waals surface area contributed by atoms with E-state index in [1.165, 1.54) is 24.6 Å². The summed E-state index contributed by atoms with van der Waals surface area (Å²) in [4.78, 5) is 14.0. The summed E-state index contributed by atoms with van der Waals surface area (Å²) >= 11 is 0. The third-order valence-electron chi connectivity index (χ3n) is 4.73. The van der Waals surface area contributed by atoms with Crippen molar-refractivity contribution in [2.75, 3.05) is 40.4 Å². The lowest BCUT2D eigenvalue weighted by molar-refractivity contribution is -0.134. The summed E-state index contributed by atoms with van der Waals surface area (Å²) in [6.45, 7) is 1.13. The number of benzene rings is 1. The summed E-state index contributed by atoms with van der Waals surface area (Å²) in [6, 6.07) is 4.66. The Balaban J connectivity index is 1.77. The summed E-state index contributed by atoms with van der Waals surface area (Å²) in [6.07, 6.45) is 1.40. The minimum absolute atomic E-state index is 0.0617. The lowest BCUT2D eigenvalue weighted by atomic mass is 10.2. The van der Waals surface area contributed by atoms with Crippen LogP contribution in [0.2, 0.25) is 0 Å². The third kappa shape index (κ3) is 3.31. The number of sulfonamides is 1. The van der Waals surface area contributed by atoms with Crippen LogP contribution < -0.4 is 15.2 Å². The van der Waals surface area contributed by atoms with Crippen LogP contribution in [0.25, 0.3) is 0 Å². The molecule has 1 amide bonds. The molecule has 1 heterocycles. The van der Waals surface area contributed by atoms with Crippen molar-refractivity contribution in [2.45, 2.75) is 23.3 Å². The lowest BCUT2D eigenvalue weighted by Gasteiger charge is -2.35. The molecule has 1 aromatic rings. The van der Waals surface area contributed by atoms with E-state index < -0.39 is 15.6 Å². The average Bonchev–Trinajstić information content (AvgIpc) is 3.39. The van der Waals surface area contributed by atoms with Gasteiger partial charge in [0.1, 0.15) is 16.4 Å². The standard InChI is InChI=1S/C16H23N3O5S/c1-23-12-3-4-13(24-2)14(11-12)25(21,22)19-9-7-18(8-10-19)15(20)16(17)5-6-16/h3-4,11H,5-10,17H2,1-2H3. The molecule has 138 valence electrons. The molecule has 0 spiro atoms. The van der Waals surface area contributed by atoms with Gasteiger partial charge in [-0.1, -0.05) is 0 Å². The van der Waals surface area contributed by atoms with Crippen LogP contribution >= 0.6 is 0 Å². The molecule has 1 aliphatic heterocycles. The average molecular weight is 369 g/mol. The van der Waals surface area contributed by atoms with Gasteiger partial charge in [-0.2, -0.15) is 4.31 Å². The van der Waals surface area contributed by atoms with Crippen molar-refractivity contribution in [3.63, 3.8) is 0 Å². The number of nitrogens with zero attached hydrogens (tertiary/aromatic N) is 2. The zero-order chi connectivity index (χ0) is 18.2. The molecule has 2 fully saturated rings. The Labute approximate surface area is 147 Å². The van der Waals surface area contributed by atoms with Gasteiger partial charge in [-0.05, 0) is 25.0 Å². The second kappa shape index (κ2) is 6.47. The van der Waals surface area contributed by atoms with Gasteiger partial charge in [0.25, 0.3) is 0 Å². The molecule has 0 aromatic heterocycles. The first-order valence-electron chi connectivity index (χ1n) is 8.12. The van der Waals surface area contributed by atoms with E-state index in [1.54, 1.807) is 17.0 Å². The quantitative estimate of drug-likeness (QED) is 0.786.